The number of amides is 1. The number of hydrogen-bond donors (Lipinski definition) is 0. The van der Waals surface area contributed by atoms with Gasteiger partial charge in [-0.2, -0.15) is 4.99 Å². The van der Waals surface area contributed by atoms with Gasteiger partial charge in [0.05, 0.1) is 15.6 Å². The van der Waals surface area contributed by atoms with E-state index in [0.717, 1.165) is 5.56 Å². The zero-order valence-electron chi connectivity index (χ0n) is 17.0. The fourth-order valence-corrected chi connectivity index (χ4v) is 4.92. The van der Waals surface area contributed by atoms with Crippen molar-refractivity contribution >= 4 is 46.2 Å². The zero-order chi connectivity index (χ0) is 22.1. The molecule has 3 aromatic rings. The highest BCUT2D eigenvalue weighted by Crippen LogP contribution is 2.34. The van der Waals surface area contributed by atoms with Gasteiger partial charge >= 0.3 is 0 Å². The molecule has 2 aromatic carbocycles. The van der Waals surface area contributed by atoms with E-state index in [2.05, 4.69) is 9.89 Å². The van der Waals surface area contributed by atoms with Crippen molar-refractivity contribution in [3.63, 3.8) is 0 Å². The number of anilines is 1. The van der Waals surface area contributed by atoms with Crippen LogP contribution < -0.4 is 4.90 Å². The van der Waals surface area contributed by atoms with Crippen LogP contribution in [0.25, 0.3) is 17.4 Å². The van der Waals surface area contributed by atoms with Crippen molar-refractivity contribution < 1.29 is 13.6 Å². The first-order chi connectivity index (χ1) is 15.6. The van der Waals surface area contributed by atoms with E-state index in [0.29, 0.717) is 58.5 Å². The summed E-state index contributed by atoms with van der Waals surface area (Å²) in [6.07, 6.45) is 1.71. The first-order valence-electron chi connectivity index (χ1n) is 10.2. The van der Waals surface area contributed by atoms with Crippen LogP contribution in [-0.2, 0) is 4.79 Å². The summed E-state index contributed by atoms with van der Waals surface area (Å²) in [5.41, 5.74) is 1.41. The van der Waals surface area contributed by atoms with E-state index in [1.54, 1.807) is 24.3 Å². The molecule has 8 heteroatoms. The van der Waals surface area contributed by atoms with Gasteiger partial charge in [0.2, 0.25) is 0 Å². The largest absolute Gasteiger partial charge is 0.457 e. The molecule has 1 aromatic heterocycles. The minimum Gasteiger partial charge on any atom is -0.457 e. The summed E-state index contributed by atoms with van der Waals surface area (Å²) < 4.78 is 19.9. The summed E-state index contributed by atoms with van der Waals surface area (Å²) in [5.74, 6) is 0.709. The number of furan rings is 1. The predicted molar refractivity (Wildman–Crippen MR) is 127 cm³/mol. The minimum atomic E-state index is -0.280. The first-order valence-corrected chi connectivity index (χ1v) is 11.4. The molecule has 1 fully saturated rings. The predicted octanol–water partition coefficient (Wildman–Crippen LogP) is 5.53. The van der Waals surface area contributed by atoms with Crippen LogP contribution >= 0.6 is 23.4 Å². The number of nitrogens with zero attached hydrogens (tertiary/aromatic N) is 3. The van der Waals surface area contributed by atoms with E-state index in [4.69, 9.17) is 16.0 Å². The number of carbonyl (C=O) groups is 1. The lowest BCUT2D eigenvalue weighted by Crippen LogP contribution is -2.48. The van der Waals surface area contributed by atoms with Crippen molar-refractivity contribution in [3.05, 3.63) is 82.2 Å². The standard InChI is InChI=1S/C24H19ClFN3O2S/c25-18-6-2-1-5-17(18)21-10-9-16(31-21)15-22-23(30)27-24(32-22)29-13-11-28(12-14-29)20-8-4-3-7-19(20)26/h1-10,15H,11-14H2. The van der Waals surface area contributed by atoms with Crippen LogP contribution in [-0.4, -0.2) is 42.2 Å². The maximum atomic E-state index is 14.1. The van der Waals surface area contributed by atoms with Crippen LogP contribution in [0.4, 0.5) is 10.1 Å². The van der Waals surface area contributed by atoms with E-state index < -0.39 is 0 Å². The summed E-state index contributed by atoms with van der Waals surface area (Å²) >= 11 is 7.58. The monoisotopic (exact) mass is 467 g/mol. The van der Waals surface area contributed by atoms with Crippen LogP contribution in [0.1, 0.15) is 5.76 Å². The van der Waals surface area contributed by atoms with Crippen LogP contribution in [0.15, 0.2) is 75.0 Å². The molecule has 2 aliphatic rings. The molecule has 0 aliphatic carbocycles. The normalized spacial score (nSPS) is 17.9. The molecule has 0 spiro atoms. The number of aliphatic imine (C=N–C) groups is 1. The van der Waals surface area contributed by atoms with Gasteiger partial charge in [0.15, 0.2) is 5.17 Å². The van der Waals surface area contributed by atoms with Gasteiger partial charge in [-0.25, -0.2) is 4.39 Å². The Labute approximate surface area is 194 Å². The Morgan fingerprint density at radius 2 is 1.69 bits per heavy atom. The second-order valence-electron chi connectivity index (χ2n) is 7.42. The molecule has 2 aliphatic heterocycles. The molecule has 32 heavy (non-hydrogen) atoms. The van der Waals surface area contributed by atoms with Gasteiger partial charge in [-0.05, 0) is 48.2 Å². The summed E-state index contributed by atoms with van der Waals surface area (Å²) in [4.78, 5) is 21.3. The van der Waals surface area contributed by atoms with Crippen molar-refractivity contribution in [2.24, 2.45) is 4.99 Å². The number of rotatable bonds is 3. The van der Waals surface area contributed by atoms with E-state index in [-0.39, 0.29) is 11.7 Å². The molecule has 3 heterocycles. The fourth-order valence-electron chi connectivity index (χ4n) is 3.75. The lowest BCUT2D eigenvalue weighted by Gasteiger charge is -2.36. The van der Waals surface area contributed by atoms with Crippen LogP contribution in [0, 0.1) is 5.82 Å². The highest BCUT2D eigenvalue weighted by molar-refractivity contribution is 8.18. The topological polar surface area (TPSA) is 49.1 Å². The van der Waals surface area contributed by atoms with Crippen molar-refractivity contribution in [2.75, 3.05) is 31.1 Å². The van der Waals surface area contributed by atoms with E-state index in [1.165, 1.54) is 17.8 Å². The first kappa shape index (κ1) is 20.8. The molecular weight excluding hydrogens is 449 g/mol. The summed E-state index contributed by atoms with van der Waals surface area (Å²) in [6.45, 7) is 2.65. The van der Waals surface area contributed by atoms with Gasteiger partial charge in [0.25, 0.3) is 5.91 Å². The molecule has 5 rings (SSSR count). The Hall–Kier alpha value is -3.03. The van der Waals surface area contributed by atoms with Gasteiger partial charge in [-0.3, -0.25) is 4.79 Å². The molecule has 1 amide bonds. The van der Waals surface area contributed by atoms with Crippen LogP contribution in [0.3, 0.4) is 0 Å². The molecule has 0 atom stereocenters. The lowest BCUT2D eigenvalue weighted by molar-refractivity contribution is -0.113. The third kappa shape index (κ3) is 4.18. The molecular formula is C24H19ClFN3O2S. The average Bonchev–Trinajstić information content (AvgIpc) is 3.42. The van der Waals surface area contributed by atoms with Gasteiger partial charge in [-0.15, -0.1) is 0 Å². The third-order valence-electron chi connectivity index (χ3n) is 5.39. The summed E-state index contributed by atoms with van der Waals surface area (Å²) in [6, 6.07) is 17.9. The quantitative estimate of drug-likeness (QED) is 0.474. The van der Waals surface area contributed by atoms with E-state index >= 15 is 0 Å². The molecule has 0 N–H and O–H groups in total. The van der Waals surface area contributed by atoms with Gasteiger partial charge in [0.1, 0.15) is 17.3 Å². The molecule has 0 saturated carbocycles. The Kier molecular flexibility index (Phi) is 5.76. The van der Waals surface area contributed by atoms with Gasteiger partial charge in [-0.1, -0.05) is 35.9 Å². The maximum absolute atomic E-state index is 14.1. The lowest BCUT2D eigenvalue weighted by atomic mass is 10.2. The van der Waals surface area contributed by atoms with Gasteiger partial charge < -0.3 is 14.2 Å². The fraction of sp³-hybridized carbons (Fsp3) is 0.167. The van der Waals surface area contributed by atoms with Crippen LogP contribution in [0.2, 0.25) is 5.02 Å². The molecule has 0 radical (unpaired) electrons. The number of para-hydroxylation sites is 1. The Balaban J connectivity index is 1.25. The Bertz CT molecular complexity index is 1230. The smallest absolute Gasteiger partial charge is 0.286 e. The highest BCUT2D eigenvalue weighted by atomic mass is 35.5. The molecule has 5 nitrogen and oxygen atoms in total. The van der Waals surface area contributed by atoms with Gasteiger partial charge in [0, 0.05) is 37.8 Å². The van der Waals surface area contributed by atoms with Crippen molar-refractivity contribution in [1.82, 2.24) is 4.90 Å². The van der Waals surface area contributed by atoms with Crippen LogP contribution in [0.5, 0.6) is 0 Å². The zero-order valence-corrected chi connectivity index (χ0v) is 18.6. The summed E-state index contributed by atoms with van der Waals surface area (Å²) in [7, 11) is 0. The third-order valence-corrected chi connectivity index (χ3v) is 6.77. The number of carbonyl (C=O) groups excluding carboxylic acids is 1. The van der Waals surface area contributed by atoms with E-state index in [1.807, 2.05) is 41.3 Å². The Morgan fingerprint density at radius 1 is 0.969 bits per heavy atom. The Morgan fingerprint density at radius 3 is 2.47 bits per heavy atom. The molecule has 0 unspecified atom stereocenters. The maximum Gasteiger partial charge on any atom is 0.286 e. The van der Waals surface area contributed by atoms with Crippen molar-refractivity contribution in [1.29, 1.82) is 0 Å². The number of thioether (sulfide) groups is 1. The average molecular weight is 468 g/mol. The highest BCUT2D eigenvalue weighted by Gasteiger charge is 2.29. The molecule has 1 saturated heterocycles. The van der Waals surface area contributed by atoms with Crippen molar-refractivity contribution in [2.45, 2.75) is 0 Å². The summed E-state index contributed by atoms with van der Waals surface area (Å²) in [5, 5.41) is 1.28. The molecule has 0 bridgehead atoms. The number of halogens is 2. The molecule has 162 valence electrons. The number of hydrogen-bond acceptors (Lipinski definition) is 5. The number of amidine groups is 1. The second-order valence-corrected chi connectivity index (χ2v) is 8.83. The number of piperazine rings is 1. The second kappa shape index (κ2) is 8.84. The SMILES string of the molecule is O=C1N=C(N2CCN(c3ccccc3F)CC2)SC1=Cc1ccc(-c2ccccc2Cl)o1. The minimum absolute atomic E-state index is 0.219. The number of benzene rings is 2. The van der Waals surface area contributed by atoms with E-state index in [9.17, 15) is 9.18 Å². The van der Waals surface area contributed by atoms with Crippen molar-refractivity contribution in [3.8, 4) is 11.3 Å².